The van der Waals surface area contributed by atoms with Crippen LogP contribution in [0.15, 0.2) is 72.8 Å². The third-order valence-corrected chi connectivity index (χ3v) is 9.99. The summed E-state index contributed by atoms with van der Waals surface area (Å²) in [6.07, 6.45) is 0. The Labute approximate surface area is 362 Å². The highest BCUT2D eigenvalue weighted by Crippen LogP contribution is 2.61. The van der Waals surface area contributed by atoms with Crippen LogP contribution in [0, 0.1) is 0 Å². The van der Waals surface area contributed by atoms with Gasteiger partial charge < -0.3 is 56.8 Å². The molecule has 334 valence electrons. The second-order valence-corrected chi connectivity index (χ2v) is 13.7. The van der Waals surface area contributed by atoms with Crippen molar-refractivity contribution in [2.24, 2.45) is 0 Å². The molecule has 0 saturated carbocycles. The molecule has 4 aromatic carbocycles. The fraction of sp³-hybridized carbons (Fsp3) is 0.510. The molecule has 0 unspecified atom stereocenters. The zero-order valence-corrected chi connectivity index (χ0v) is 37.1. The first kappa shape index (κ1) is 47.5. The van der Waals surface area contributed by atoms with Gasteiger partial charge in [0, 0.05) is 62.9 Å². The quantitative estimate of drug-likeness (QED) is 0.0387. The second kappa shape index (κ2) is 26.0. The predicted molar refractivity (Wildman–Crippen MR) is 236 cm³/mol. The molecule has 12 nitrogen and oxygen atoms in total. The molecule has 5 rings (SSSR count). The molecule has 0 radical (unpaired) electrons. The van der Waals surface area contributed by atoms with Crippen LogP contribution in [-0.4, -0.2) is 119 Å². The summed E-state index contributed by atoms with van der Waals surface area (Å²) in [6, 6.07) is 24.9. The van der Waals surface area contributed by atoms with E-state index in [9.17, 15) is 0 Å². The number of fused-ring (bicyclic) bond motifs is 3. The van der Waals surface area contributed by atoms with Crippen molar-refractivity contribution in [2.75, 3.05) is 119 Å². The van der Waals surface area contributed by atoms with Crippen LogP contribution in [0.1, 0.15) is 63.8 Å². The molecule has 61 heavy (non-hydrogen) atoms. The van der Waals surface area contributed by atoms with Crippen LogP contribution in [0.5, 0.6) is 34.5 Å². The van der Waals surface area contributed by atoms with Crippen LogP contribution in [0.4, 0.5) is 0 Å². The van der Waals surface area contributed by atoms with Gasteiger partial charge in [-0.2, -0.15) is 0 Å². The lowest BCUT2D eigenvalue weighted by atomic mass is 9.66. The van der Waals surface area contributed by atoms with Crippen molar-refractivity contribution in [1.82, 2.24) is 0 Å². The van der Waals surface area contributed by atoms with Crippen molar-refractivity contribution in [3.05, 3.63) is 95.1 Å². The molecule has 1 aliphatic carbocycles. The van der Waals surface area contributed by atoms with Gasteiger partial charge in [-0.05, 0) is 75.9 Å². The van der Waals surface area contributed by atoms with E-state index in [1.54, 1.807) is 0 Å². The van der Waals surface area contributed by atoms with Gasteiger partial charge in [0.2, 0.25) is 0 Å². The Kier molecular flexibility index (Phi) is 20.3. The SMILES string of the molecule is CCOCCOc1cc(OCCOCC)c(C2(c3cc(OCCOCC)c(OCCOCC)cc3OCCOCC)c3ccccc3-c3ccccc32)cc1OCCOCC. The second-order valence-electron chi connectivity index (χ2n) is 13.7. The van der Waals surface area contributed by atoms with Crippen LogP contribution in [-0.2, 0) is 33.8 Å². The highest BCUT2D eigenvalue weighted by molar-refractivity contribution is 5.88. The van der Waals surface area contributed by atoms with Gasteiger partial charge in [0.05, 0.1) is 45.1 Å². The third kappa shape index (κ3) is 12.3. The van der Waals surface area contributed by atoms with E-state index in [1.807, 2.05) is 65.8 Å². The summed E-state index contributed by atoms with van der Waals surface area (Å²) in [5.74, 6) is 3.29. The summed E-state index contributed by atoms with van der Waals surface area (Å²) in [5, 5.41) is 0. The normalized spacial score (nSPS) is 12.5. The molecule has 0 saturated heterocycles. The molecule has 0 fully saturated rings. The highest BCUT2D eigenvalue weighted by Gasteiger charge is 2.50. The van der Waals surface area contributed by atoms with Crippen LogP contribution in [0.3, 0.4) is 0 Å². The molecule has 1 aliphatic rings. The molecule has 0 atom stereocenters. The molecule has 4 aromatic rings. The van der Waals surface area contributed by atoms with E-state index in [-0.39, 0.29) is 0 Å². The van der Waals surface area contributed by atoms with Gasteiger partial charge in [0.25, 0.3) is 0 Å². The monoisotopic (exact) mass is 846 g/mol. The van der Waals surface area contributed by atoms with E-state index in [1.165, 1.54) is 0 Å². The average Bonchev–Trinajstić information content (AvgIpc) is 3.58. The first-order chi connectivity index (χ1) is 30.1. The van der Waals surface area contributed by atoms with Crippen LogP contribution in [0.2, 0.25) is 0 Å². The Bertz CT molecular complexity index is 1750. The maximum atomic E-state index is 6.81. The fourth-order valence-electron chi connectivity index (χ4n) is 7.45. The highest BCUT2D eigenvalue weighted by atomic mass is 16.6. The number of hydrogen-bond acceptors (Lipinski definition) is 12. The topological polar surface area (TPSA) is 111 Å². The molecule has 0 amide bonds. The fourth-order valence-corrected chi connectivity index (χ4v) is 7.45. The lowest BCUT2D eigenvalue weighted by Crippen LogP contribution is -2.31. The van der Waals surface area contributed by atoms with E-state index >= 15 is 0 Å². The number of hydrogen-bond donors (Lipinski definition) is 0. The van der Waals surface area contributed by atoms with Gasteiger partial charge in [0.15, 0.2) is 23.0 Å². The average molecular weight is 847 g/mol. The van der Waals surface area contributed by atoms with Gasteiger partial charge in [-0.3, -0.25) is 0 Å². The Morgan fingerprint density at radius 2 is 0.557 bits per heavy atom. The van der Waals surface area contributed by atoms with Crippen LogP contribution in [0.25, 0.3) is 11.1 Å². The summed E-state index contributed by atoms with van der Waals surface area (Å²) < 4.78 is 73.9. The minimum Gasteiger partial charge on any atom is -0.491 e. The predicted octanol–water partition coefficient (Wildman–Crippen LogP) is 8.54. The number of rotatable bonds is 32. The maximum Gasteiger partial charge on any atom is 0.165 e. The summed E-state index contributed by atoms with van der Waals surface area (Å²) in [5.41, 5.74) is 4.76. The molecular weight excluding hydrogens is 781 g/mol. The third-order valence-electron chi connectivity index (χ3n) is 9.99. The summed E-state index contributed by atoms with van der Waals surface area (Å²) in [7, 11) is 0. The summed E-state index contributed by atoms with van der Waals surface area (Å²) in [4.78, 5) is 0. The van der Waals surface area contributed by atoms with Crippen molar-refractivity contribution in [3.63, 3.8) is 0 Å². The molecule has 0 N–H and O–H groups in total. The lowest BCUT2D eigenvalue weighted by molar-refractivity contribution is 0.0985. The van der Waals surface area contributed by atoms with E-state index in [4.69, 9.17) is 56.8 Å². The van der Waals surface area contributed by atoms with Gasteiger partial charge in [0.1, 0.15) is 51.1 Å². The Morgan fingerprint density at radius 3 is 0.852 bits per heavy atom. The van der Waals surface area contributed by atoms with E-state index in [0.29, 0.717) is 153 Å². The van der Waals surface area contributed by atoms with E-state index in [0.717, 1.165) is 33.4 Å². The molecule has 0 aliphatic heterocycles. The summed E-state index contributed by atoms with van der Waals surface area (Å²) >= 11 is 0. The van der Waals surface area contributed by atoms with Gasteiger partial charge >= 0.3 is 0 Å². The molecular formula is C49H66O12. The molecule has 0 bridgehead atoms. The number of ether oxygens (including phenoxy) is 12. The van der Waals surface area contributed by atoms with E-state index < -0.39 is 5.41 Å². The van der Waals surface area contributed by atoms with Gasteiger partial charge in [-0.1, -0.05) is 48.5 Å². The number of benzene rings is 4. The Morgan fingerprint density at radius 1 is 0.295 bits per heavy atom. The Balaban J connectivity index is 1.86. The smallest absolute Gasteiger partial charge is 0.165 e. The zero-order valence-electron chi connectivity index (χ0n) is 37.1. The van der Waals surface area contributed by atoms with Gasteiger partial charge in [-0.15, -0.1) is 0 Å². The standard InChI is InChI=1S/C49H66O12/c1-7-50-21-27-56-43-35-47(60-31-25-54-11-5)45(58-29-23-52-9-3)33-41(43)49(39-19-15-13-17-37(39)38-18-14-16-20-40(38)49)42-34-46(59-30-24-53-10-4)48(61-32-26-55-12-6)36-44(42)57-28-22-51-8-2/h13-20,33-36H,7-12,21-32H2,1-6H3. The first-order valence-corrected chi connectivity index (χ1v) is 21.9. The van der Waals surface area contributed by atoms with Crippen LogP contribution >= 0.6 is 0 Å². The molecule has 0 spiro atoms. The van der Waals surface area contributed by atoms with Crippen molar-refractivity contribution in [2.45, 2.75) is 47.0 Å². The largest absolute Gasteiger partial charge is 0.491 e. The minimum absolute atomic E-state index is 0.291. The molecule has 0 aromatic heterocycles. The van der Waals surface area contributed by atoms with E-state index in [2.05, 4.69) is 48.5 Å². The van der Waals surface area contributed by atoms with Crippen LogP contribution < -0.4 is 28.4 Å². The summed E-state index contributed by atoms with van der Waals surface area (Å²) in [6.45, 7) is 19.4. The van der Waals surface area contributed by atoms with Crippen molar-refractivity contribution in [3.8, 4) is 45.6 Å². The molecule has 12 heteroatoms. The van der Waals surface area contributed by atoms with Crippen molar-refractivity contribution < 1.29 is 56.8 Å². The minimum atomic E-state index is -1.06. The lowest BCUT2D eigenvalue weighted by Gasteiger charge is -2.37. The zero-order chi connectivity index (χ0) is 43.1. The maximum absolute atomic E-state index is 6.81. The Hall–Kier alpha value is -4.56. The first-order valence-electron chi connectivity index (χ1n) is 21.9. The van der Waals surface area contributed by atoms with Gasteiger partial charge in [-0.25, -0.2) is 0 Å². The van der Waals surface area contributed by atoms with Crippen molar-refractivity contribution in [1.29, 1.82) is 0 Å². The van der Waals surface area contributed by atoms with Crippen molar-refractivity contribution >= 4 is 0 Å². The molecule has 0 heterocycles.